The van der Waals surface area contributed by atoms with Crippen molar-refractivity contribution < 1.29 is 27.9 Å². The number of fused-ring (bicyclic) bond motifs is 1. The normalized spacial score (nSPS) is 13.8. The van der Waals surface area contributed by atoms with Gasteiger partial charge in [-0.3, -0.25) is 4.79 Å². The predicted octanol–water partition coefficient (Wildman–Crippen LogP) is 6.68. The van der Waals surface area contributed by atoms with Crippen LogP contribution in [0.2, 0.25) is 5.02 Å². The molecule has 0 bridgehead atoms. The number of piperazine rings is 1. The number of hydrogen-bond donors (Lipinski definition) is 3. The number of rotatable bonds is 5. The minimum atomic E-state index is -5.08. The lowest BCUT2D eigenvalue weighted by Gasteiger charge is -2.34. The molecule has 226 valence electrons. The third-order valence-electron chi connectivity index (χ3n) is 7.31. The maximum absolute atomic E-state index is 12.1. The molecule has 3 heterocycles. The summed E-state index contributed by atoms with van der Waals surface area (Å²) in [6.07, 6.45) is -2.09. The largest absolute Gasteiger partial charge is 0.490 e. The maximum Gasteiger partial charge on any atom is 0.490 e. The molecule has 1 amide bonds. The van der Waals surface area contributed by atoms with E-state index >= 15 is 0 Å². The molecule has 8 nitrogen and oxygen atoms in total. The number of amides is 1. The number of pyridine rings is 1. The van der Waals surface area contributed by atoms with Gasteiger partial charge in [0.05, 0.1) is 10.7 Å². The number of carbonyl (C=O) groups is 2. The number of H-pyrrole nitrogens is 1. The van der Waals surface area contributed by atoms with Gasteiger partial charge in [0.1, 0.15) is 5.65 Å². The zero-order valence-electron chi connectivity index (χ0n) is 23.8. The number of alkyl halides is 3. The molecule has 4 aromatic rings. The number of carboxylic acids is 1. The number of likely N-dealkylation sites (N-methyl/N-ethyl adjacent to an activating group) is 1. The minimum Gasteiger partial charge on any atom is -0.475 e. The van der Waals surface area contributed by atoms with E-state index in [9.17, 15) is 18.0 Å². The molecule has 1 fully saturated rings. The summed E-state index contributed by atoms with van der Waals surface area (Å²) in [6.45, 7) is 11.8. The number of nitrogens with one attached hydrogen (secondary N) is 2. The molecule has 0 unspecified atom stereocenters. The number of aromatic amines is 1. The highest BCUT2D eigenvalue weighted by atomic mass is 35.5. The van der Waals surface area contributed by atoms with Crippen LogP contribution >= 0.6 is 11.6 Å². The number of aromatic nitrogens is 2. The second-order valence-corrected chi connectivity index (χ2v) is 10.6. The fourth-order valence-electron chi connectivity index (χ4n) is 4.80. The molecule has 12 heteroatoms. The summed E-state index contributed by atoms with van der Waals surface area (Å²) in [4.78, 5) is 33.8. The average Bonchev–Trinajstić information content (AvgIpc) is 3.36. The Hall–Kier alpha value is -4.35. The first-order chi connectivity index (χ1) is 20.3. The van der Waals surface area contributed by atoms with E-state index in [0.29, 0.717) is 5.02 Å². The number of carbonyl (C=O) groups excluding carboxylic acids is 1. The molecule has 1 saturated heterocycles. The van der Waals surface area contributed by atoms with E-state index in [0.717, 1.165) is 76.4 Å². The van der Waals surface area contributed by atoms with Crippen LogP contribution in [0, 0.1) is 13.8 Å². The molecule has 0 aliphatic carbocycles. The lowest BCUT2D eigenvalue weighted by atomic mass is 9.94. The first-order valence-corrected chi connectivity index (χ1v) is 13.7. The Kier molecular flexibility index (Phi) is 9.46. The van der Waals surface area contributed by atoms with Crippen molar-refractivity contribution in [2.75, 3.05) is 43.4 Å². The van der Waals surface area contributed by atoms with Crippen molar-refractivity contribution in [1.29, 1.82) is 0 Å². The van der Waals surface area contributed by atoms with Crippen LogP contribution in [-0.4, -0.2) is 71.3 Å². The van der Waals surface area contributed by atoms with E-state index in [2.05, 4.69) is 69.0 Å². The molecule has 5 rings (SSSR count). The summed E-state index contributed by atoms with van der Waals surface area (Å²) < 4.78 is 31.7. The SMILES string of the molecule is C=CC(=O)Nc1cc(-c2c(-c3ccc(N4CCN(C)CC4)cc3)[nH]c3nccc(Cl)c23)cc(C)c1C.O=C(O)C(F)(F)F. The first-order valence-electron chi connectivity index (χ1n) is 13.4. The van der Waals surface area contributed by atoms with E-state index in [1.54, 1.807) is 6.20 Å². The van der Waals surface area contributed by atoms with Crippen LogP contribution in [0.4, 0.5) is 24.5 Å². The molecular weight excluding hydrogens is 583 g/mol. The summed E-state index contributed by atoms with van der Waals surface area (Å²) in [5.74, 6) is -3.00. The molecular formula is C31H31ClF3N5O3. The van der Waals surface area contributed by atoms with Gasteiger partial charge in [0.15, 0.2) is 0 Å². The van der Waals surface area contributed by atoms with Crippen LogP contribution in [0.15, 0.2) is 61.3 Å². The Morgan fingerprint density at radius 2 is 1.70 bits per heavy atom. The van der Waals surface area contributed by atoms with Gasteiger partial charge in [-0.2, -0.15) is 13.2 Å². The Morgan fingerprint density at radius 3 is 2.28 bits per heavy atom. The van der Waals surface area contributed by atoms with Crippen molar-refractivity contribution in [1.82, 2.24) is 14.9 Å². The molecule has 0 saturated carbocycles. The van der Waals surface area contributed by atoms with Crippen LogP contribution in [0.1, 0.15) is 11.1 Å². The summed E-state index contributed by atoms with van der Waals surface area (Å²) in [7, 11) is 2.16. The van der Waals surface area contributed by atoms with Gasteiger partial charge in [-0.15, -0.1) is 0 Å². The topological polar surface area (TPSA) is 102 Å². The Balaban J connectivity index is 0.000000541. The Morgan fingerprint density at radius 1 is 1.07 bits per heavy atom. The number of carboxylic acid groups (broad SMARTS) is 1. The Labute approximate surface area is 251 Å². The summed E-state index contributed by atoms with van der Waals surface area (Å²) >= 11 is 6.72. The highest BCUT2D eigenvalue weighted by Crippen LogP contribution is 2.42. The monoisotopic (exact) mass is 613 g/mol. The lowest BCUT2D eigenvalue weighted by molar-refractivity contribution is -0.192. The zero-order chi connectivity index (χ0) is 31.5. The van der Waals surface area contributed by atoms with Gasteiger partial charge in [0.2, 0.25) is 5.91 Å². The maximum atomic E-state index is 12.1. The number of benzene rings is 2. The van der Waals surface area contributed by atoms with Crippen LogP contribution in [0.25, 0.3) is 33.4 Å². The molecule has 2 aromatic heterocycles. The van der Waals surface area contributed by atoms with Gasteiger partial charge in [0, 0.05) is 54.7 Å². The van der Waals surface area contributed by atoms with Crippen molar-refractivity contribution >= 4 is 45.9 Å². The number of aliphatic carboxylic acids is 1. The second-order valence-electron chi connectivity index (χ2n) is 10.2. The fraction of sp³-hybridized carbons (Fsp3) is 0.258. The summed E-state index contributed by atoms with van der Waals surface area (Å²) in [5.41, 5.74) is 8.69. The van der Waals surface area contributed by atoms with Gasteiger partial charge in [-0.05, 0) is 73.5 Å². The number of aryl methyl sites for hydroxylation is 1. The second kappa shape index (κ2) is 12.9. The van der Waals surface area contributed by atoms with Gasteiger partial charge in [0.25, 0.3) is 0 Å². The first kappa shape index (κ1) is 31.6. The van der Waals surface area contributed by atoms with E-state index in [1.807, 2.05) is 26.0 Å². The molecule has 43 heavy (non-hydrogen) atoms. The van der Waals surface area contributed by atoms with Crippen molar-refractivity contribution in [3.63, 3.8) is 0 Å². The Bertz CT molecular complexity index is 1660. The van der Waals surface area contributed by atoms with Crippen LogP contribution in [0.5, 0.6) is 0 Å². The molecule has 0 atom stereocenters. The van der Waals surface area contributed by atoms with Gasteiger partial charge in [-0.1, -0.05) is 36.4 Å². The van der Waals surface area contributed by atoms with Crippen molar-refractivity contribution in [3.05, 3.63) is 77.5 Å². The quantitative estimate of drug-likeness (QED) is 0.217. The van der Waals surface area contributed by atoms with Gasteiger partial charge < -0.3 is 25.2 Å². The molecule has 2 aromatic carbocycles. The van der Waals surface area contributed by atoms with Crippen LogP contribution < -0.4 is 10.2 Å². The number of hydrogen-bond acceptors (Lipinski definition) is 5. The lowest BCUT2D eigenvalue weighted by Crippen LogP contribution is -2.44. The van der Waals surface area contributed by atoms with Crippen LogP contribution in [0.3, 0.4) is 0 Å². The fourth-order valence-corrected chi connectivity index (χ4v) is 5.04. The number of nitrogens with zero attached hydrogens (tertiary/aromatic N) is 3. The third kappa shape index (κ3) is 7.18. The summed E-state index contributed by atoms with van der Waals surface area (Å²) in [6, 6.07) is 14.6. The van der Waals surface area contributed by atoms with Crippen LogP contribution in [-0.2, 0) is 9.59 Å². The van der Waals surface area contributed by atoms with Crippen molar-refractivity contribution in [2.45, 2.75) is 20.0 Å². The summed E-state index contributed by atoms with van der Waals surface area (Å²) in [5, 5.41) is 11.6. The highest BCUT2D eigenvalue weighted by Gasteiger charge is 2.38. The third-order valence-corrected chi connectivity index (χ3v) is 7.62. The molecule has 1 aliphatic rings. The van der Waals surface area contributed by atoms with E-state index in [-0.39, 0.29) is 5.91 Å². The standard InChI is InChI=1S/C29H30ClN5O.C2HF3O2/c1-5-25(36)32-24-17-21(16-18(2)19(24)3)26-27-23(30)10-11-31-29(27)33-28(26)20-6-8-22(9-7-20)35-14-12-34(4)13-15-35;3-2(4,5)1(6)7/h5-11,16-17H,1,12-15H2,2-4H3,(H,31,33)(H,32,36);(H,6,7). The smallest absolute Gasteiger partial charge is 0.475 e. The molecule has 1 aliphatic heterocycles. The van der Waals surface area contributed by atoms with Gasteiger partial charge >= 0.3 is 12.1 Å². The predicted molar refractivity (Wildman–Crippen MR) is 164 cm³/mol. The molecule has 0 spiro atoms. The van der Waals surface area contributed by atoms with Crippen molar-refractivity contribution in [3.8, 4) is 22.4 Å². The van der Waals surface area contributed by atoms with Gasteiger partial charge in [-0.25, -0.2) is 9.78 Å². The van der Waals surface area contributed by atoms with E-state index < -0.39 is 12.1 Å². The highest BCUT2D eigenvalue weighted by molar-refractivity contribution is 6.36. The average molecular weight is 614 g/mol. The minimum absolute atomic E-state index is 0.243. The number of anilines is 2. The molecule has 0 radical (unpaired) electrons. The van der Waals surface area contributed by atoms with E-state index in [4.69, 9.17) is 21.5 Å². The number of halogens is 4. The molecule has 3 N–H and O–H groups in total. The zero-order valence-corrected chi connectivity index (χ0v) is 24.6. The van der Waals surface area contributed by atoms with Crippen molar-refractivity contribution in [2.24, 2.45) is 0 Å². The van der Waals surface area contributed by atoms with E-state index in [1.165, 1.54) is 11.8 Å².